The number of nitrogens with one attached hydrogen (secondary N) is 1. The van der Waals surface area contributed by atoms with Crippen LogP contribution in [0.25, 0.3) is 0 Å². The molecule has 0 radical (unpaired) electrons. The van der Waals surface area contributed by atoms with Crippen molar-refractivity contribution in [3.05, 3.63) is 16.4 Å². The first-order valence-corrected chi connectivity index (χ1v) is 7.17. The molecule has 1 amide bonds. The minimum Gasteiger partial charge on any atom is -0.479 e. The van der Waals surface area contributed by atoms with Crippen molar-refractivity contribution in [3.8, 4) is 0 Å². The highest BCUT2D eigenvalue weighted by Gasteiger charge is 2.38. The van der Waals surface area contributed by atoms with Crippen LogP contribution < -0.4 is 5.32 Å². The van der Waals surface area contributed by atoms with Gasteiger partial charge in [-0.25, -0.2) is 9.59 Å². The predicted octanol–water partition coefficient (Wildman–Crippen LogP) is 2.52. The Morgan fingerprint density at radius 3 is 2.23 bits per heavy atom. The van der Waals surface area contributed by atoms with E-state index in [9.17, 15) is 14.7 Å². The molecule has 1 atom stereocenters. The number of amides is 1. The van der Waals surface area contributed by atoms with E-state index in [2.05, 4.69) is 10.4 Å². The van der Waals surface area contributed by atoms with Crippen molar-refractivity contribution in [2.45, 2.75) is 59.2 Å². The maximum atomic E-state index is 11.9. The number of carboxylic acids is 1. The monoisotopic (exact) mass is 331 g/mol. The number of carbonyl (C=O) groups is 2. The molecule has 0 aliphatic rings. The lowest BCUT2D eigenvalue weighted by atomic mass is 10.0. The Labute approximate surface area is 134 Å². The first-order valence-electron chi connectivity index (χ1n) is 6.80. The van der Waals surface area contributed by atoms with Crippen molar-refractivity contribution < 1.29 is 19.4 Å². The number of carboxylic acid groups (broad SMARTS) is 1. The van der Waals surface area contributed by atoms with Crippen LogP contribution in [0, 0.1) is 13.8 Å². The van der Waals surface area contributed by atoms with E-state index in [1.165, 1.54) is 11.6 Å². The Hall–Kier alpha value is -1.76. The number of hydrogen-bond acceptors (Lipinski definition) is 4. The second-order valence-corrected chi connectivity index (χ2v) is 6.78. The number of halogens is 1. The first kappa shape index (κ1) is 18.3. The highest BCUT2D eigenvalue weighted by molar-refractivity contribution is 6.31. The van der Waals surface area contributed by atoms with Gasteiger partial charge in [0, 0.05) is 0 Å². The van der Waals surface area contributed by atoms with Crippen LogP contribution in [-0.2, 0) is 16.1 Å². The molecule has 22 heavy (non-hydrogen) atoms. The predicted molar refractivity (Wildman–Crippen MR) is 82.1 cm³/mol. The molecule has 1 unspecified atom stereocenters. The molecule has 1 aromatic rings. The zero-order valence-electron chi connectivity index (χ0n) is 13.7. The Bertz CT molecular complexity index is 592. The quantitative estimate of drug-likeness (QED) is 0.884. The molecule has 1 aromatic heterocycles. The van der Waals surface area contributed by atoms with Crippen LogP contribution in [0.3, 0.4) is 0 Å². The van der Waals surface area contributed by atoms with Crippen molar-refractivity contribution in [2.75, 3.05) is 0 Å². The number of carbonyl (C=O) groups excluding carboxylic acids is 1. The topological polar surface area (TPSA) is 93.5 Å². The number of alkyl carbamates (subject to hydrolysis) is 1. The average Bonchev–Trinajstić information content (AvgIpc) is 2.54. The minimum absolute atomic E-state index is 0.0685. The van der Waals surface area contributed by atoms with Crippen LogP contribution in [0.2, 0.25) is 5.02 Å². The van der Waals surface area contributed by atoms with Crippen molar-refractivity contribution in [2.24, 2.45) is 0 Å². The molecule has 0 fully saturated rings. The summed E-state index contributed by atoms with van der Waals surface area (Å²) in [4.78, 5) is 23.5. The zero-order valence-corrected chi connectivity index (χ0v) is 14.4. The summed E-state index contributed by atoms with van der Waals surface area (Å²) in [6.07, 6.45) is -0.801. The molecule has 1 heterocycles. The van der Waals surface area contributed by atoms with Gasteiger partial charge in [-0.05, 0) is 41.5 Å². The summed E-state index contributed by atoms with van der Waals surface area (Å²) < 4.78 is 6.57. The lowest BCUT2D eigenvalue weighted by Crippen LogP contribution is -2.56. The third-order valence-corrected chi connectivity index (χ3v) is 3.56. The fraction of sp³-hybridized carbons (Fsp3) is 0.643. The molecular formula is C14H22ClN3O4. The number of nitrogens with zero attached hydrogens (tertiary/aromatic N) is 2. The minimum atomic E-state index is -1.57. The summed E-state index contributed by atoms with van der Waals surface area (Å²) in [6, 6.07) is 0. The molecule has 0 aliphatic heterocycles. The van der Waals surface area contributed by atoms with E-state index in [4.69, 9.17) is 16.3 Å². The maximum Gasteiger partial charge on any atom is 0.408 e. The second-order valence-electron chi connectivity index (χ2n) is 6.41. The molecule has 124 valence electrons. The van der Waals surface area contributed by atoms with Gasteiger partial charge in [0.2, 0.25) is 0 Å². The third kappa shape index (κ3) is 4.37. The van der Waals surface area contributed by atoms with E-state index >= 15 is 0 Å². The average molecular weight is 332 g/mol. The molecule has 0 aromatic carbocycles. The number of aromatic nitrogens is 2. The number of aryl methyl sites for hydroxylation is 1. The van der Waals surface area contributed by atoms with Crippen molar-refractivity contribution >= 4 is 23.7 Å². The number of rotatable bonds is 4. The van der Waals surface area contributed by atoms with Gasteiger partial charge in [0.05, 0.1) is 23.0 Å². The Morgan fingerprint density at radius 2 is 1.86 bits per heavy atom. The van der Waals surface area contributed by atoms with Crippen LogP contribution in [-0.4, -0.2) is 38.1 Å². The molecular weight excluding hydrogens is 310 g/mol. The van der Waals surface area contributed by atoms with E-state index in [0.717, 1.165) is 0 Å². The zero-order chi connectivity index (χ0) is 17.3. The van der Waals surface area contributed by atoms with Gasteiger partial charge in [-0.2, -0.15) is 5.10 Å². The molecule has 0 saturated carbocycles. The number of hydrogen-bond donors (Lipinski definition) is 2. The van der Waals surface area contributed by atoms with Gasteiger partial charge in [0.25, 0.3) is 0 Å². The Kier molecular flexibility index (Phi) is 5.12. The smallest absolute Gasteiger partial charge is 0.408 e. The fourth-order valence-electron chi connectivity index (χ4n) is 1.82. The molecule has 0 bridgehead atoms. The Morgan fingerprint density at radius 1 is 1.32 bits per heavy atom. The van der Waals surface area contributed by atoms with Crippen molar-refractivity contribution in [3.63, 3.8) is 0 Å². The first-order chi connectivity index (χ1) is 9.85. The molecule has 0 saturated heterocycles. The lowest BCUT2D eigenvalue weighted by Gasteiger charge is -2.28. The van der Waals surface area contributed by atoms with E-state index < -0.39 is 23.2 Å². The summed E-state index contributed by atoms with van der Waals surface area (Å²) in [5, 5.41) is 16.5. The van der Waals surface area contributed by atoms with Gasteiger partial charge in [0.15, 0.2) is 5.54 Å². The summed E-state index contributed by atoms with van der Waals surface area (Å²) in [6.45, 7) is 9.89. The van der Waals surface area contributed by atoms with E-state index in [1.54, 1.807) is 34.6 Å². The normalized spacial score (nSPS) is 14.3. The van der Waals surface area contributed by atoms with E-state index in [-0.39, 0.29) is 6.54 Å². The highest BCUT2D eigenvalue weighted by atomic mass is 35.5. The number of aliphatic carboxylic acids is 1. The van der Waals surface area contributed by atoms with Gasteiger partial charge in [0.1, 0.15) is 5.60 Å². The summed E-state index contributed by atoms with van der Waals surface area (Å²) in [5.74, 6) is -1.19. The molecule has 7 nitrogen and oxygen atoms in total. The third-order valence-electron chi connectivity index (χ3n) is 3.01. The van der Waals surface area contributed by atoms with Gasteiger partial charge in [-0.3, -0.25) is 4.68 Å². The van der Waals surface area contributed by atoms with Crippen LogP contribution >= 0.6 is 11.6 Å². The fourth-order valence-corrected chi connectivity index (χ4v) is 1.95. The molecule has 0 aliphatic carbocycles. The molecule has 2 N–H and O–H groups in total. The Balaban J connectivity index is 2.99. The molecule has 0 spiro atoms. The SMILES string of the molecule is Cc1nn(CC(C)(NC(=O)OC(C)(C)C)C(=O)O)c(C)c1Cl. The summed E-state index contributed by atoms with van der Waals surface area (Å²) in [7, 11) is 0. The molecule has 8 heteroatoms. The van der Waals surface area contributed by atoms with Crippen LogP contribution in [0.4, 0.5) is 4.79 Å². The van der Waals surface area contributed by atoms with E-state index in [0.29, 0.717) is 16.4 Å². The molecule has 1 rings (SSSR count). The lowest BCUT2D eigenvalue weighted by molar-refractivity contribution is -0.144. The van der Waals surface area contributed by atoms with Crippen LogP contribution in [0.5, 0.6) is 0 Å². The second kappa shape index (κ2) is 6.16. The van der Waals surface area contributed by atoms with Gasteiger partial charge in [-0.15, -0.1) is 0 Å². The standard InChI is InChI=1S/C14H22ClN3O4/c1-8-10(15)9(2)18(17-8)7-14(6,11(19)20)16-12(21)22-13(3,4)5/h7H2,1-6H3,(H,16,21)(H,19,20). The van der Waals surface area contributed by atoms with Crippen LogP contribution in [0.15, 0.2) is 0 Å². The van der Waals surface area contributed by atoms with Crippen molar-refractivity contribution in [1.82, 2.24) is 15.1 Å². The van der Waals surface area contributed by atoms with Crippen LogP contribution in [0.1, 0.15) is 39.1 Å². The summed E-state index contributed by atoms with van der Waals surface area (Å²) in [5.41, 5.74) is -1.05. The van der Waals surface area contributed by atoms with Gasteiger partial charge in [-0.1, -0.05) is 11.6 Å². The number of ether oxygens (including phenoxy) is 1. The van der Waals surface area contributed by atoms with E-state index in [1.807, 2.05) is 0 Å². The summed E-state index contributed by atoms with van der Waals surface area (Å²) >= 11 is 6.06. The van der Waals surface area contributed by atoms with Gasteiger partial charge >= 0.3 is 12.1 Å². The maximum absolute atomic E-state index is 11.9. The largest absolute Gasteiger partial charge is 0.479 e. The van der Waals surface area contributed by atoms with Crippen molar-refractivity contribution in [1.29, 1.82) is 0 Å². The highest BCUT2D eigenvalue weighted by Crippen LogP contribution is 2.21. The van der Waals surface area contributed by atoms with Gasteiger partial charge < -0.3 is 15.2 Å².